The Kier molecular flexibility index (Phi) is 6.90. The second kappa shape index (κ2) is 10.5. The molecule has 5 heterocycles. The van der Waals surface area contributed by atoms with E-state index >= 15 is 0 Å². The molecular weight excluding hydrogens is 569 g/mol. The van der Waals surface area contributed by atoms with Gasteiger partial charge in [-0.2, -0.15) is 13.2 Å². The van der Waals surface area contributed by atoms with Crippen LogP contribution in [0.15, 0.2) is 35.4 Å². The number of halogens is 3. The van der Waals surface area contributed by atoms with Gasteiger partial charge in [0, 0.05) is 66.0 Å². The maximum absolute atomic E-state index is 14.1. The van der Waals surface area contributed by atoms with E-state index in [9.17, 15) is 18.0 Å². The van der Waals surface area contributed by atoms with E-state index in [0.29, 0.717) is 28.4 Å². The molecule has 2 aromatic heterocycles. The van der Waals surface area contributed by atoms with Gasteiger partial charge >= 0.3 is 6.18 Å². The number of hydrogen-bond donors (Lipinski definition) is 2. The first-order chi connectivity index (χ1) is 19.8. The third kappa shape index (κ3) is 5.30. The largest absolute Gasteiger partial charge is 0.420 e. The molecule has 0 radical (unpaired) electrons. The van der Waals surface area contributed by atoms with Gasteiger partial charge in [0.15, 0.2) is 0 Å². The van der Waals surface area contributed by atoms with Crippen molar-refractivity contribution in [3.63, 3.8) is 0 Å². The number of rotatable bonds is 6. The summed E-state index contributed by atoms with van der Waals surface area (Å²) in [5.41, 5.74) is 1.86. The molecule has 41 heavy (non-hydrogen) atoms. The Bertz CT molecular complexity index is 1480. The van der Waals surface area contributed by atoms with Crippen molar-refractivity contribution in [3.8, 4) is 10.6 Å². The van der Waals surface area contributed by atoms with Crippen LogP contribution in [0.1, 0.15) is 53.4 Å². The Balaban J connectivity index is 1.20. The lowest BCUT2D eigenvalue weighted by molar-refractivity contribution is -0.137. The van der Waals surface area contributed by atoms with E-state index in [4.69, 9.17) is 0 Å². The normalized spacial score (nSPS) is 22.6. The van der Waals surface area contributed by atoms with Crippen molar-refractivity contribution in [3.05, 3.63) is 46.5 Å². The standard InChI is InChI=1S/C29H31F3N6OS2/c1-2-16-11-20(37-14-17-3-4-18(15-37)34-17)7-8-22(16)35-28-33-13-21(29(30,31)32)25(36-28)23-12-24-26(41-23)27(39)38(9-10-40-24)19-5-6-19/h7-8,11-13,17-19,34H,2-6,9-10,14-15H2,1H3,(H,33,35,36)/t17-,18+. The van der Waals surface area contributed by atoms with Crippen LogP contribution in [0.4, 0.5) is 30.5 Å². The Morgan fingerprint density at radius 1 is 1.12 bits per heavy atom. The molecule has 3 aromatic rings. The summed E-state index contributed by atoms with van der Waals surface area (Å²) in [7, 11) is 0. The van der Waals surface area contributed by atoms with E-state index < -0.39 is 11.7 Å². The molecule has 2 atom stereocenters. The number of fused-ring (bicyclic) bond motifs is 3. The topological polar surface area (TPSA) is 73.4 Å². The first-order valence-corrected chi connectivity index (χ1v) is 16.0. The molecule has 2 saturated heterocycles. The molecule has 3 fully saturated rings. The number of aromatic nitrogens is 2. The molecule has 7 nitrogen and oxygen atoms in total. The lowest BCUT2D eigenvalue weighted by atomic mass is 10.1. The van der Waals surface area contributed by atoms with Crippen LogP contribution in [-0.2, 0) is 12.6 Å². The van der Waals surface area contributed by atoms with Crippen molar-refractivity contribution in [2.24, 2.45) is 0 Å². The predicted octanol–water partition coefficient (Wildman–Crippen LogP) is 6.18. The Labute approximate surface area is 244 Å². The van der Waals surface area contributed by atoms with Crippen LogP contribution in [0.2, 0.25) is 0 Å². The molecule has 1 aliphatic carbocycles. The van der Waals surface area contributed by atoms with Crippen LogP contribution in [0.25, 0.3) is 10.6 Å². The number of aryl methyl sites for hydroxylation is 1. The highest BCUT2D eigenvalue weighted by atomic mass is 32.2. The molecule has 1 aromatic carbocycles. The van der Waals surface area contributed by atoms with Gasteiger partial charge in [-0.05, 0) is 61.9 Å². The number of thiophene rings is 1. The number of amides is 1. The first-order valence-electron chi connectivity index (χ1n) is 14.2. The van der Waals surface area contributed by atoms with Gasteiger partial charge in [0.05, 0.1) is 10.6 Å². The second-order valence-corrected chi connectivity index (χ2v) is 13.4. The van der Waals surface area contributed by atoms with Crippen LogP contribution in [-0.4, -0.2) is 64.3 Å². The van der Waals surface area contributed by atoms with Gasteiger partial charge in [0.2, 0.25) is 5.95 Å². The number of carbonyl (C=O) groups is 1. The molecule has 0 unspecified atom stereocenters. The molecule has 1 amide bonds. The minimum absolute atomic E-state index is 0.0881. The molecule has 1 saturated carbocycles. The third-order valence-electron chi connectivity index (χ3n) is 8.36. The van der Waals surface area contributed by atoms with E-state index in [1.165, 1.54) is 24.6 Å². The fourth-order valence-electron chi connectivity index (χ4n) is 6.12. The summed E-state index contributed by atoms with van der Waals surface area (Å²) < 4.78 is 42.3. The second-order valence-electron chi connectivity index (χ2n) is 11.2. The monoisotopic (exact) mass is 600 g/mol. The number of nitrogens with zero attached hydrogens (tertiary/aromatic N) is 4. The zero-order valence-electron chi connectivity index (χ0n) is 22.6. The SMILES string of the molecule is CCc1cc(N2C[C@H]3CC[C@@H](C2)N3)ccc1Nc1ncc(C(F)(F)F)c(-c2cc3c(s2)C(=O)N(C2CC2)CCS3)n1. The molecule has 4 aliphatic rings. The number of anilines is 3. The number of carbonyl (C=O) groups excluding carboxylic acids is 1. The summed E-state index contributed by atoms with van der Waals surface area (Å²) >= 11 is 2.61. The highest BCUT2D eigenvalue weighted by Gasteiger charge is 2.39. The van der Waals surface area contributed by atoms with Crippen molar-refractivity contribution in [1.82, 2.24) is 20.2 Å². The van der Waals surface area contributed by atoms with Crippen molar-refractivity contribution in [1.29, 1.82) is 0 Å². The maximum atomic E-state index is 14.1. The van der Waals surface area contributed by atoms with E-state index in [1.807, 2.05) is 11.0 Å². The molecule has 12 heteroatoms. The summed E-state index contributed by atoms with van der Waals surface area (Å²) in [6, 6.07) is 9.16. The maximum Gasteiger partial charge on any atom is 0.420 e. The summed E-state index contributed by atoms with van der Waals surface area (Å²) in [5, 5.41) is 6.84. The molecule has 3 aliphatic heterocycles. The minimum atomic E-state index is -4.63. The van der Waals surface area contributed by atoms with Crippen molar-refractivity contribution in [2.75, 3.05) is 35.6 Å². The van der Waals surface area contributed by atoms with Gasteiger partial charge in [0.1, 0.15) is 10.4 Å². The van der Waals surface area contributed by atoms with Gasteiger partial charge in [-0.15, -0.1) is 23.1 Å². The number of benzene rings is 1. The number of alkyl halides is 3. The number of thioether (sulfide) groups is 1. The van der Waals surface area contributed by atoms with Gasteiger partial charge in [-0.3, -0.25) is 4.79 Å². The highest BCUT2D eigenvalue weighted by Crippen LogP contribution is 2.44. The lowest BCUT2D eigenvalue weighted by Gasteiger charge is -2.35. The van der Waals surface area contributed by atoms with E-state index in [-0.39, 0.29) is 23.6 Å². The van der Waals surface area contributed by atoms with Gasteiger partial charge < -0.3 is 20.4 Å². The summed E-state index contributed by atoms with van der Waals surface area (Å²) in [6.45, 7) is 4.67. The third-order valence-corrected chi connectivity index (χ3v) is 10.6. The molecular formula is C29H31F3N6OS2. The fourth-order valence-corrected chi connectivity index (χ4v) is 8.44. The molecule has 0 spiro atoms. The Hall–Kier alpha value is -2.83. The Morgan fingerprint density at radius 3 is 2.61 bits per heavy atom. The van der Waals surface area contributed by atoms with Crippen molar-refractivity contribution < 1.29 is 18.0 Å². The van der Waals surface area contributed by atoms with Crippen LogP contribution >= 0.6 is 23.1 Å². The quantitative estimate of drug-likeness (QED) is 0.350. The minimum Gasteiger partial charge on any atom is -0.368 e. The smallest absolute Gasteiger partial charge is 0.368 e. The average molecular weight is 601 g/mol. The lowest BCUT2D eigenvalue weighted by Crippen LogP contribution is -2.51. The zero-order valence-corrected chi connectivity index (χ0v) is 24.3. The van der Waals surface area contributed by atoms with E-state index in [2.05, 4.69) is 44.6 Å². The van der Waals surface area contributed by atoms with Crippen molar-refractivity contribution in [2.45, 2.75) is 68.2 Å². The van der Waals surface area contributed by atoms with Crippen LogP contribution < -0.4 is 15.5 Å². The number of piperazine rings is 1. The zero-order chi connectivity index (χ0) is 28.3. The summed E-state index contributed by atoms with van der Waals surface area (Å²) in [5.74, 6) is 0.729. The summed E-state index contributed by atoms with van der Waals surface area (Å²) in [6.07, 6.45) is 1.34. The molecule has 7 rings (SSSR count). The first kappa shape index (κ1) is 27.0. The number of nitrogens with one attached hydrogen (secondary N) is 2. The van der Waals surface area contributed by atoms with E-state index in [1.54, 1.807) is 6.07 Å². The Morgan fingerprint density at radius 2 is 1.90 bits per heavy atom. The van der Waals surface area contributed by atoms with Gasteiger partial charge in [0.25, 0.3) is 5.91 Å². The fraction of sp³-hybridized carbons (Fsp3) is 0.483. The van der Waals surface area contributed by atoms with Crippen LogP contribution in [0, 0.1) is 0 Å². The average Bonchev–Trinajstić information content (AvgIpc) is 3.65. The van der Waals surface area contributed by atoms with Crippen molar-refractivity contribution >= 4 is 46.3 Å². The van der Waals surface area contributed by atoms with Gasteiger partial charge in [-0.1, -0.05) is 6.92 Å². The molecule has 2 bridgehead atoms. The summed E-state index contributed by atoms with van der Waals surface area (Å²) in [4.78, 5) is 27.5. The van der Waals surface area contributed by atoms with Gasteiger partial charge in [-0.25, -0.2) is 9.97 Å². The molecule has 2 N–H and O–H groups in total. The van der Waals surface area contributed by atoms with E-state index in [0.717, 1.165) is 77.5 Å². The number of hydrogen-bond acceptors (Lipinski definition) is 8. The van der Waals surface area contributed by atoms with Crippen LogP contribution in [0.3, 0.4) is 0 Å². The highest BCUT2D eigenvalue weighted by molar-refractivity contribution is 7.99. The predicted molar refractivity (Wildman–Crippen MR) is 156 cm³/mol. The van der Waals surface area contributed by atoms with Crippen LogP contribution in [0.5, 0.6) is 0 Å². The molecule has 216 valence electrons.